The number of β-lactam (4-membered cyclic amide) rings is 1. The molecular formula is C25H22ClNO2S. The zero-order valence-electron chi connectivity index (χ0n) is 16.8. The van der Waals surface area contributed by atoms with E-state index in [1.807, 2.05) is 91.9 Å². The molecular weight excluding hydrogens is 414 g/mol. The quantitative estimate of drug-likeness (QED) is 0.339. The second-order valence-corrected chi connectivity index (χ2v) is 9.27. The second-order valence-electron chi connectivity index (χ2n) is 7.13. The number of nitrogens with zero attached hydrogens (tertiary/aromatic N) is 1. The smallest absolute Gasteiger partial charge is 0.261 e. The average molecular weight is 436 g/mol. The van der Waals surface area contributed by atoms with Crippen LogP contribution in [0.2, 0.25) is 0 Å². The lowest BCUT2D eigenvalue weighted by Crippen LogP contribution is -2.70. The molecule has 0 saturated carbocycles. The summed E-state index contributed by atoms with van der Waals surface area (Å²) in [7, 11) is 1.62. The number of hydrogen-bond acceptors (Lipinski definition) is 3. The molecule has 152 valence electrons. The molecule has 1 aliphatic rings. The number of alkyl halides is 1. The highest BCUT2D eigenvalue weighted by Crippen LogP contribution is 2.53. The minimum Gasteiger partial charge on any atom is -0.497 e. The topological polar surface area (TPSA) is 29.5 Å². The molecule has 0 bridgehead atoms. The van der Waals surface area contributed by atoms with Crippen molar-refractivity contribution in [2.75, 3.05) is 12.0 Å². The van der Waals surface area contributed by atoms with Gasteiger partial charge in [-0.3, -0.25) is 9.69 Å². The molecule has 30 heavy (non-hydrogen) atoms. The molecule has 3 aromatic carbocycles. The van der Waals surface area contributed by atoms with Crippen molar-refractivity contribution < 1.29 is 9.53 Å². The Morgan fingerprint density at radius 3 is 2.20 bits per heavy atom. The van der Waals surface area contributed by atoms with Crippen LogP contribution >= 0.6 is 23.4 Å². The third-order valence-corrected chi connectivity index (χ3v) is 6.91. The van der Waals surface area contributed by atoms with Crippen LogP contribution in [0.25, 0.3) is 6.08 Å². The van der Waals surface area contributed by atoms with E-state index in [-0.39, 0.29) is 11.9 Å². The molecule has 0 radical (unpaired) electrons. The minimum absolute atomic E-state index is 0.117. The van der Waals surface area contributed by atoms with E-state index in [9.17, 15) is 4.79 Å². The summed E-state index contributed by atoms with van der Waals surface area (Å²) < 4.78 is 4.16. The molecule has 1 aliphatic heterocycles. The number of rotatable bonds is 6. The fraction of sp³-hybridized carbons (Fsp3) is 0.160. The van der Waals surface area contributed by atoms with Gasteiger partial charge in [0.25, 0.3) is 5.91 Å². The van der Waals surface area contributed by atoms with Crippen LogP contribution < -0.4 is 9.64 Å². The molecule has 1 amide bonds. The third kappa shape index (κ3) is 3.85. The lowest BCUT2D eigenvalue weighted by Gasteiger charge is -2.52. The maximum atomic E-state index is 13.3. The van der Waals surface area contributed by atoms with Gasteiger partial charge in [-0.2, -0.15) is 0 Å². The van der Waals surface area contributed by atoms with Crippen LogP contribution in [0.3, 0.4) is 0 Å². The number of carbonyl (C=O) groups is 1. The molecule has 3 aromatic rings. The number of anilines is 1. The lowest BCUT2D eigenvalue weighted by molar-refractivity contribution is -0.124. The zero-order valence-corrected chi connectivity index (χ0v) is 18.4. The first-order chi connectivity index (χ1) is 14.5. The van der Waals surface area contributed by atoms with E-state index in [0.717, 1.165) is 27.5 Å². The maximum absolute atomic E-state index is 13.3. The predicted molar refractivity (Wildman–Crippen MR) is 125 cm³/mol. The fourth-order valence-electron chi connectivity index (χ4n) is 3.65. The van der Waals surface area contributed by atoms with Crippen LogP contribution in [-0.2, 0) is 4.79 Å². The molecule has 3 nitrogen and oxygen atoms in total. The Hall–Kier alpha value is -2.69. The van der Waals surface area contributed by atoms with E-state index in [4.69, 9.17) is 16.3 Å². The van der Waals surface area contributed by atoms with Crippen LogP contribution in [0.5, 0.6) is 5.75 Å². The van der Waals surface area contributed by atoms with Crippen LogP contribution in [0.4, 0.5) is 5.69 Å². The van der Waals surface area contributed by atoms with E-state index >= 15 is 0 Å². The Bertz CT molecular complexity index is 1050. The van der Waals surface area contributed by atoms with Gasteiger partial charge in [0.15, 0.2) is 4.21 Å². The summed E-state index contributed by atoms with van der Waals surface area (Å²) in [6, 6.07) is 27.1. The molecule has 0 unspecified atom stereocenters. The van der Waals surface area contributed by atoms with Gasteiger partial charge in [0.2, 0.25) is 0 Å². The van der Waals surface area contributed by atoms with Gasteiger partial charge in [-0.1, -0.05) is 78.0 Å². The second kappa shape index (κ2) is 8.58. The maximum Gasteiger partial charge on any atom is 0.261 e. The van der Waals surface area contributed by atoms with E-state index < -0.39 is 4.21 Å². The van der Waals surface area contributed by atoms with Crippen LogP contribution in [0.15, 0.2) is 95.4 Å². The van der Waals surface area contributed by atoms with Crippen LogP contribution in [0.1, 0.15) is 12.5 Å². The molecule has 5 heteroatoms. The third-order valence-electron chi connectivity index (χ3n) is 5.11. The van der Waals surface area contributed by atoms with E-state index in [1.54, 1.807) is 12.0 Å². The summed E-state index contributed by atoms with van der Waals surface area (Å²) in [4.78, 5) is 16.1. The monoisotopic (exact) mass is 435 g/mol. The minimum atomic E-state index is -1.10. The number of carbonyl (C=O) groups excluding carboxylic acids is 1. The molecule has 0 N–H and O–H groups in total. The Labute approximate surface area is 186 Å². The standard InChI is InChI=1S/C25H22ClNO2S/c1-18(17-19-9-5-3-6-10-19)23-25(26,30-22-11-7-4-8-12-22)24(28)27(23)20-13-15-21(29-2)16-14-20/h3-17,23H,1-2H3/b18-17+/t23-,25+/m1/s1. The van der Waals surface area contributed by atoms with Crippen molar-refractivity contribution in [3.63, 3.8) is 0 Å². The number of halogens is 1. The Balaban J connectivity index is 1.72. The Morgan fingerprint density at radius 2 is 1.60 bits per heavy atom. The van der Waals surface area contributed by atoms with Crippen molar-refractivity contribution >= 4 is 41.0 Å². The molecule has 4 rings (SSSR count). The number of hydrogen-bond donors (Lipinski definition) is 0. The zero-order chi connectivity index (χ0) is 21.1. The number of amides is 1. The van der Waals surface area contributed by atoms with Gasteiger partial charge in [-0.25, -0.2) is 0 Å². The van der Waals surface area contributed by atoms with Crippen molar-refractivity contribution in [1.82, 2.24) is 0 Å². The van der Waals surface area contributed by atoms with Crippen molar-refractivity contribution in [1.29, 1.82) is 0 Å². The SMILES string of the molecule is COc1ccc(N2C(=O)[C@@](Cl)(Sc3ccccc3)[C@H]2/C(C)=C/c2ccccc2)cc1. The van der Waals surface area contributed by atoms with Crippen molar-refractivity contribution in [2.24, 2.45) is 0 Å². The summed E-state index contributed by atoms with van der Waals surface area (Å²) in [5.74, 6) is 0.629. The Kier molecular flexibility index (Phi) is 5.89. The van der Waals surface area contributed by atoms with Crippen LogP contribution in [0, 0.1) is 0 Å². The molecule has 0 spiro atoms. The van der Waals surface area contributed by atoms with Gasteiger partial charge in [-0.05, 0) is 54.5 Å². The largest absolute Gasteiger partial charge is 0.497 e. The first-order valence-corrected chi connectivity index (χ1v) is 10.9. The summed E-state index contributed by atoms with van der Waals surface area (Å²) >= 11 is 8.43. The molecule has 0 aliphatic carbocycles. The molecule has 2 atom stereocenters. The fourth-order valence-corrected chi connectivity index (χ4v) is 5.51. The average Bonchev–Trinajstić information content (AvgIpc) is 2.78. The molecule has 1 fully saturated rings. The molecule has 1 heterocycles. The Morgan fingerprint density at radius 1 is 1.00 bits per heavy atom. The highest BCUT2D eigenvalue weighted by molar-refractivity contribution is 8.03. The van der Waals surface area contributed by atoms with Gasteiger partial charge in [0, 0.05) is 10.6 Å². The lowest BCUT2D eigenvalue weighted by atomic mass is 9.91. The van der Waals surface area contributed by atoms with E-state index in [2.05, 4.69) is 6.08 Å². The van der Waals surface area contributed by atoms with Gasteiger partial charge < -0.3 is 4.74 Å². The normalized spacial score (nSPS) is 21.3. The first kappa shape index (κ1) is 20.6. The van der Waals surface area contributed by atoms with Gasteiger partial charge in [0.05, 0.1) is 13.2 Å². The first-order valence-electron chi connectivity index (χ1n) is 9.67. The van der Waals surface area contributed by atoms with E-state index in [1.165, 1.54) is 11.8 Å². The highest BCUT2D eigenvalue weighted by Gasteiger charge is 2.61. The number of methoxy groups -OCH3 is 1. The summed E-state index contributed by atoms with van der Waals surface area (Å²) in [5.41, 5.74) is 2.90. The van der Waals surface area contributed by atoms with Gasteiger partial charge >= 0.3 is 0 Å². The molecule has 1 saturated heterocycles. The molecule has 0 aromatic heterocycles. The van der Waals surface area contributed by atoms with Crippen molar-refractivity contribution in [2.45, 2.75) is 22.1 Å². The number of thioether (sulfide) groups is 1. The number of benzene rings is 3. The predicted octanol–water partition coefficient (Wildman–Crippen LogP) is 6.24. The summed E-state index contributed by atoms with van der Waals surface area (Å²) in [5, 5.41) is 0. The highest BCUT2D eigenvalue weighted by atomic mass is 35.5. The van der Waals surface area contributed by atoms with E-state index in [0.29, 0.717) is 0 Å². The summed E-state index contributed by atoms with van der Waals surface area (Å²) in [6.45, 7) is 2.03. The number of ether oxygens (including phenoxy) is 1. The van der Waals surface area contributed by atoms with Gasteiger partial charge in [0.1, 0.15) is 5.75 Å². The van der Waals surface area contributed by atoms with Crippen LogP contribution in [-0.4, -0.2) is 23.3 Å². The van der Waals surface area contributed by atoms with Gasteiger partial charge in [-0.15, -0.1) is 0 Å². The van der Waals surface area contributed by atoms with Crippen molar-refractivity contribution in [3.8, 4) is 5.75 Å². The van der Waals surface area contributed by atoms with Crippen molar-refractivity contribution in [3.05, 3.63) is 96.1 Å². The summed E-state index contributed by atoms with van der Waals surface area (Å²) in [6.07, 6.45) is 2.09.